The van der Waals surface area contributed by atoms with Gasteiger partial charge in [-0.3, -0.25) is 4.79 Å². The van der Waals surface area contributed by atoms with Crippen molar-refractivity contribution in [2.75, 3.05) is 0 Å². The summed E-state index contributed by atoms with van der Waals surface area (Å²) in [5.74, 6) is 0.360. The number of benzene rings is 1. The van der Waals surface area contributed by atoms with E-state index < -0.39 is 0 Å². The van der Waals surface area contributed by atoms with Crippen LogP contribution in [0, 0.1) is 11.3 Å². The predicted molar refractivity (Wildman–Crippen MR) is 100 cm³/mol. The van der Waals surface area contributed by atoms with Crippen LogP contribution in [0.3, 0.4) is 0 Å². The second-order valence-corrected chi connectivity index (χ2v) is 7.99. The van der Waals surface area contributed by atoms with Gasteiger partial charge in [0.1, 0.15) is 0 Å². The first-order chi connectivity index (χ1) is 11.6. The lowest BCUT2D eigenvalue weighted by Crippen LogP contribution is -2.30. The molecule has 0 unspecified atom stereocenters. The van der Waals surface area contributed by atoms with E-state index in [9.17, 15) is 10.1 Å². The van der Waals surface area contributed by atoms with E-state index in [1.165, 1.54) is 11.8 Å². The summed E-state index contributed by atoms with van der Waals surface area (Å²) in [6, 6.07) is 11.6. The molecule has 0 spiro atoms. The van der Waals surface area contributed by atoms with E-state index in [-0.39, 0.29) is 11.8 Å². The molecule has 0 saturated carbocycles. The Labute approximate surface area is 158 Å². The highest BCUT2D eigenvalue weighted by Gasteiger charge is 2.30. The van der Waals surface area contributed by atoms with Crippen molar-refractivity contribution in [1.29, 1.82) is 5.26 Å². The van der Waals surface area contributed by atoms with Crippen LogP contribution < -0.4 is 5.32 Å². The Bertz CT molecular complexity index is 841. The van der Waals surface area contributed by atoms with Crippen LogP contribution in [-0.4, -0.2) is 5.91 Å². The van der Waals surface area contributed by atoms with Crippen LogP contribution in [0.2, 0.25) is 10.0 Å². The van der Waals surface area contributed by atoms with Crippen LogP contribution in [0.25, 0.3) is 0 Å². The number of amides is 1. The summed E-state index contributed by atoms with van der Waals surface area (Å²) in [5, 5.41) is 16.0. The number of rotatable bonds is 4. The summed E-state index contributed by atoms with van der Waals surface area (Å²) in [5.41, 5.74) is 1.59. The first-order valence-corrected chi connectivity index (χ1v) is 9.75. The Morgan fingerprint density at radius 1 is 1.33 bits per heavy atom. The van der Waals surface area contributed by atoms with Crippen molar-refractivity contribution in [3.05, 3.63) is 66.8 Å². The Morgan fingerprint density at radius 3 is 2.83 bits per heavy atom. The molecule has 3 rings (SSSR count). The predicted octanol–water partition coefficient (Wildman–Crippen LogP) is 5.33. The highest BCUT2D eigenvalue weighted by atomic mass is 35.5. The van der Waals surface area contributed by atoms with Gasteiger partial charge < -0.3 is 5.32 Å². The van der Waals surface area contributed by atoms with Gasteiger partial charge >= 0.3 is 0 Å². The summed E-state index contributed by atoms with van der Waals surface area (Å²) in [6.07, 6.45) is 0.306. The van der Waals surface area contributed by atoms with Crippen LogP contribution >= 0.6 is 46.3 Å². The minimum atomic E-state index is -0.167. The molecule has 0 saturated heterocycles. The van der Waals surface area contributed by atoms with Gasteiger partial charge in [0.25, 0.3) is 0 Å². The van der Waals surface area contributed by atoms with E-state index in [4.69, 9.17) is 23.2 Å². The van der Waals surface area contributed by atoms with Crippen molar-refractivity contribution < 1.29 is 4.79 Å². The van der Waals surface area contributed by atoms with Gasteiger partial charge in [-0.25, -0.2) is 0 Å². The Hall–Kier alpha value is -1.45. The van der Waals surface area contributed by atoms with Crippen LogP contribution in [0.5, 0.6) is 0 Å². The largest absolute Gasteiger partial charge is 0.320 e. The van der Waals surface area contributed by atoms with Gasteiger partial charge in [0, 0.05) is 23.0 Å². The standard InChI is InChI=1S/C17H12Cl2N2OS2/c18-13-4-3-10(6-14(13)19)9-24-17-12(8-20)11(7-16(22)21-17)15-2-1-5-23-15/h1-6,11H,7,9H2,(H,21,22)/t11-/m1/s1. The molecule has 122 valence electrons. The third-order valence-electron chi connectivity index (χ3n) is 3.61. The van der Waals surface area contributed by atoms with E-state index in [2.05, 4.69) is 11.4 Å². The fourth-order valence-corrected chi connectivity index (χ4v) is 4.63. The smallest absolute Gasteiger partial charge is 0.225 e. The lowest BCUT2D eigenvalue weighted by atomic mass is 9.93. The topological polar surface area (TPSA) is 52.9 Å². The molecule has 1 aromatic heterocycles. The van der Waals surface area contributed by atoms with Gasteiger partial charge in [0.05, 0.1) is 26.7 Å². The molecule has 1 N–H and O–H groups in total. The number of hydrogen-bond donors (Lipinski definition) is 1. The summed E-state index contributed by atoms with van der Waals surface area (Å²) < 4.78 is 0. The van der Waals surface area contributed by atoms with Crippen molar-refractivity contribution in [3.63, 3.8) is 0 Å². The summed E-state index contributed by atoms with van der Waals surface area (Å²) in [6.45, 7) is 0. The molecule has 0 bridgehead atoms. The van der Waals surface area contributed by atoms with Crippen molar-refractivity contribution in [2.45, 2.75) is 18.1 Å². The zero-order valence-electron chi connectivity index (χ0n) is 12.4. The molecule has 7 heteroatoms. The number of nitriles is 1. The van der Waals surface area contributed by atoms with Gasteiger partial charge in [-0.1, -0.05) is 35.3 Å². The van der Waals surface area contributed by atoms with Crippen molar-refractivity contribution in [2.24, 2.45) is 0 Å². The number of allylic oxidation sites excluding steroid dienone is 1. The van der Waals surface area contributed by atoms with Crippen molar-refractivity contribution in [1.82, 2.24) is 5.32 Å². The quantitative estimate of drug-likeness (QED) is 0.762. The third-order valence-corrected chi connectivity index (χ3v) is 6.42. The fraction of sp³-hybridized carbons (Fsp3) is 0.176. The third kappa shape index (κ3) is 3.79. The van der Waals surface area contributed by atoms with Crippen LogP contribution in [0.15, 0.2) is 46.3 Å². The molecule has 24 heavy (non-hydrogen) atoms. The highest BCUT2D eigenvalue weighted by molar-refractivity contribution is 8.02. The lowest BCUT2D eigenvalue weighted by molar-refractivity contribution is -0.120. The maximum Gasteiger partial charge on any atom is 0.225 e. The van der Waals surface area contributed by atoms with Gasteiger partial charge in [-0.05, 0) is 29.1 Å². The van der Waals surface area contributed by atoms with Crippen molar-refractivity contribution in [3.8, 4) is 6.07 Å². The number of halogens is 2. The van der Waals surface area contributed by atoms with Crippen LogP contribution in [0.1, 0.15) is 22.8 Å². The van der Waals surface area contributed by atoms with Gasteiger partial charge in [-0.2, -0.15) is 5.26 Å². The fourth-order valence-electron chi connectivity index (χ4n) is 2.45. The molecular formula is C17H12Cl2N2OS2. The first kappa shape index (κ1) is 17.4. The second kappa shape index (κ2) is 7.62. The molecule has 1 atom stereocenters. The minimum absolute atomic E-state index is 0.0657. The minimum Gasteiger partial charge on any atom is -0.320 e. The molecule has 0 aliphatic carbocycles. The number of nitrogens with one attached hydrogen (secondary N) is 1. The van der Waals surface area contributed by atoms with Crippen molar-refractivity contribution >= 4 is 52.2 Å². The Kier molecular flexibility index (Phi) is 5.52. The van der Waals surface area contributed by atoms with Crippen LogP contribution in [-0.2, 0) is 10.5 Å². The monoisotopic (exact) mass is 394 g/mol. The van der Waals surface area contributed by atoms with Gasteiger partial charge in [-0.15, -0.1) is 23.1 Å². The average Bonchev–Trinajstić information content (AvgIpc) is 3.09. The van der Waals surface area contributed by atoms with E-state index in [1.807, 2.05) is 23.6 Å². The number of nitrogens with zero attached hydrogens (tertiary/aromatic N) is 1. The molecular weight excluding hydrogens is 383 g/mol. The maximum atomic E-state index is 12.0. The zero-order chi connectivity index (χ0) is 17.1. The molecule has 1 aliphatic rings. The number of carbonyl (C=O) groups is 1. The van der Waals surface area contributed by atoms with E-state index in [0.717, 1.165) is 10.4 Å². The molecule has 1 amide bonds. The number of hydrogen-bond acceptors (Lipinski definition) is 4. The Morgan fingerprint density at radius 2 is 2.17 bits per heavy atom. The molecule has 0 fully saturated rings. The van der Waals surface area contributed by atoms with Gasteiger partial charge in [0.2, 0.25) is 5.91 Å². The normalized spacial score (nSPS) is 17.5. The number of thiophene rings is 1. The van der Waals surface area contributed by atoms with Gasteiger partial charge in [0.15, 0.2) is 0 Å². The molecule has 2 heterocycles. The van der Waals surface area contributed by atoms with Crippen LogP contribution in [0.4, 0.5) is 0 Å². The Balaban J connectivity index is 1.84. The molecule has 0 radical (unpaired) electrons. The summed E-state index contributed by atoms with van der Waals surface area (Å²) in [7, 11) is 0. The molecule has 3 nitrogen and oxygen atoms in total. The summed E-state index contributed by atoms with van der Waals surface area (Å²) >= 11 is 14.9. The lowest BCUT2D eigenvalue weighted by Gasteiger charge is -2.24. The zero-order valence-corrected chi connectivity index (χ0v) is 15.5. The highest BCUT2D eigenvalue weighted by Crippen LogP contribution is 2.38. The molecule has 2 aromatic rings. The SMILES string of the molecule is N#CC1=C(SCc2ccc(Cl)c(Cl)c2)NC(=O)C[C@H]1c1cccs1. The average molecular weight is 395 g/mol. The molecule has 1 aliphatic heterocycles. The first-order valence-electron chi connectivity index (χ1n) is 7.12. The van der Waals surface area contributed by atoms with E-state index in [0.29, 0.717) is 32.8 Å². The second-order valence-electron chi connectivity index (χ2n) is 5.21. The summed E-state index contributed by atoms with van der Waals surface area (Å²) in [4.78, 5) is 13.1. The van der Waals surface area contributed by atoms with E-state index >= 15 is 0 Å². The van der Waals surface area contributed by atoms with E-state index in [1.54, 1.807) is 23.5 Å². The maximum absolute atomic E-state index is 12.0. The molecule has 1 aromatic carbocycles. The number of thioether (sulfide) groups is 1. The number of carbonyl (C=O) groups excluding carboxylic acids is 1.